The van der Waals surface area contributed by atoms with Gasteiger partial charge in [-0.2, -0.15) is 0 Å². The molecule has 1 aromatic heterocycles. The van der Waals surface area contributed by atoms with E-state index in [4.69, 9.17) is 9.47 Å². The van der Waals surface area contributed by atoms with Crippen molar-refractivity contribution in [1.29, 1.82) is 0 Å². The number of nitrogens with zero attached hydrogens (tertiary/aromatic N) is 3. The molecule has 0 saturated heterocycles. The van der Waals surface area contributed by atoms with Crippen LogP contribution in [0, 0.1) is 10.1 Å². The summed E-state index contributed by atoms with van der Waals surface area (Å²) in [7, 11) is 3.47. The molecule has 0 unspecified atom stereocenters. The monoisotopic (exact) mass is 303 g/mol. The average molecular weight is 303 g/mol. The maximum atomic E-state index is 10.6. The average Bonchev–Trinajstić information content (AvgIpc) is 2.55. The van der Waals surface area contributed by atoms with E-state index in [1.807, 2.05) is 36.2 Å². The van der Waals surface area contributed by atoms with Gasteiger partial charge in [0.05, 0.1) is 18.6 Å². The maximum absolute atomic E-state index is 10.6. The number of nitro groups is 1. The van der Waals surface area contributed by atoms with Crippen molar-refractivity contribution in [3.05, 3.63) is 52.7 Å². The summed E-state index contributed by atoms with van der Waals surface area (Å²) >= 11 is 0. The molecule has 7 nitrogen and oxygen atoms in total. The first-order valence-electron chi connectivity index (χ1n) is 6.68. The van der Waals surface area contributed by atoms with Crippen LogP contribution in [-0.2, 0) is 0 Å². The number of pyridine rings is 1. The van der Waals surface area contributed by atoms with E-state index < -0.39 is 4.92 Å². The molecule has 0 aliphatic carbocycles. The fourth-order valence-electron chi connectivity index (χ4n) is 1.80. The number of hydrogen-bond acceptors (Lipinski definition) is 6. The van der Waals surface area contributed by atoms with Crippen molar-refractivity contribution in [2.75, 3.05) is 32.2 Å². The number of likely N-dealkylation sites (N-methyl/N-ethyl adjacent to an activating group) is 1. The van der Waals surface area contributed by atoms with Crippen LogP contribution in [0.1, 0.15) is 0 Å². The summed E-state index contributed by atoms with van der Waals surface area (Å²) in [5.41, 5.74) is -0.0216. The lowest BCUT2D eigenvalue weighted by Crippen LogP contribution is -2.24. The molecule has 0 radical (unpaired) electrons. The summed E-state index contributed by atoms with van der Waals surface area (Å²) in [6.45, 7) is 1.08. The highest BCUT2D eigenvalue weighted by Gasteiger charge is 2.08. The molecule has 0 atom stereocenters. The third kappa shape index (κ3) is 4.08. The molecule has 0 fully saturated rings. The molecule has 0 amide bonds. The van der Waals surface area contributed by atoms with Gasteiger partial charge >= 0.3 is 0 Å². The third-order valence-corrected chi connectivity index (χ3v) is 3.09. The third-order valence-electron chi connectivity index (χ3n) is 3.09. The van der Waals surface area contributed by atoms with E-state index in [-0.39, 0.29) is 5.69 Å². The topological polar surface area (TPSA) is 77.7 Å². The number of hydrogen-bond donors (Lipinski definition) is 0. The number of ether oxygens (including phenoxy) is 2. The van der Waals surface area contributed by atoms with Crippen molar-refractivity contribution >= 4 is 11.5 Å². The Labute approximate surface area is 128 Å². The summed E-state index contributed by atoms with van der Waals surface area (Å²) in [5.74, 6) is 2.19. The summed E-state index contributed by atoms with van der Waals surface area (Å²) in [6, 6.07) is 10.4. The predicted molar refractivity (Wildman–Crippen MR) is 82.7 cm³/mol. The minimum Gasteiger partial charge on any atom is -0.497 e. The van der Waals surface area contributed by atoms with Crippen LogP contribution in [0.5, 0.6) is 11.5 Å². The largest absolute Gasteiger partial charge is 0.497 e. The molecule has 7 heteroatoms. The van der Waals surface area contributed by atoms with Crippen LogP contribution in [0.15, 0.2) is 42.6 Å². The van der Waals surface area contributed by atoms with Gasteiger partial charge in [0.25, 0.3) is 5.69 Å². The molecule has 0 bridgehead atoms. The van der Waals surface area contributed by atoms with Crippen LogP contribution in [0.2, 0.25) is 0 Å². The Morgan fingerprint density at radius 3 is 2.41 bits per heavy atom. The van der Waals surface area contributed by atoms with Crippen LogP contribution in [0.4, 0.5) is 11.5 Å². The van der Waals surface area contributed by atoms with Crippen LogP contribution >= 0.6 is 0 Å². The zero-order valence-electron chi connectivity index (χ0n) is 12.4. The Bertz CT molecular complexity index is 614. The van der Waals surface area contributed by atoms with E-state index in [1.54, 1.807) is 13.2 Å². The fourth-order valence-corrected chi connectivity index (χ4v) is 1.80. The minimum atomic E-state index is -0.469. The molecule has 1 aromatic carbocycles. The van der Waals surface area contributed by atoms with Crippen LogP contribution in [0.25, 0.3) is 0 Å². The number of anilines is 1. The zero-order valence-corrected chi connectivity index (χ0v) is 12.4. The lowest BCUT2D eigenvalue weighted by atomic mass is 10.3. The Hall–Kier alpha value is -2.83. The van der Waals surface area contributed by atoms with Gasteiger partial charge in [0.15, 0.2) is 0 Å². The predicted octanol–water partition coefficient (Wildman–Crippen LogP) is 2.51. The quantitative estimate of drug-likeness (QED) is 0.577. The second kappa shape index (κ2) is 7.26. The summed E-state index contributed by atoms with van der Waals surface area (Å²) in [4.78, 5) is 16.0. The van der Waals surface area contributed by atoms with Gasteiger partial charge in [-0.3, -0.25) is 10.1 Å². The Balaban J connectivity index is 1.83. The molecule has 2 rings (SSSR count). The molecular weight excluding hydrogens is 286 g/mol. The normalized spacial score (nSPS) is 10.1. The van der Waals surface area contributed by atoms with Crippen molar-refractivity contribution < 1.29 is 14.4 Å². The first-order valence-corrected chi connectivity index (χ1v) is 6.68. The zero-order chi connectivity index (χ0) is 15.9. The van der Waals surface area contributed by atoms with Gasteiger partial charge in [0.2, 0.25) is 0 Å². The number of aromatic nitrogens is 1. The van der Waals surface area contributed by atoms with E-state index in [2.05, 4.69) is 4.98 Å². The lowest BCUT2D eigenvalue weighted by molar-refractivity contribution is -0.385. The van der Waals surface area contributed by atoms with Gasteiger partial charge in [-0.15, -0.1) is 0 Å². The van der Waals surface area contributed by atoms with Gasteiger partial charge in [-0.25, -0.2) is 4.98 Å². The van der Waals surface area contributed by atoms with Crippen molar-refractivity contribution in [2.45, 2.75) is 0 Å². The van der Waals surface area contributed by atoms with Gasteiger partial charge < -0.3 is 14.4 Å². The van der Waals surface area contributed by atoms with Crippen molar-refractivity contribution in [1.82, 2.24) is 4.98 Å². The van der Waals surface area contributed by atoms with Crippen LogP contribution in [0.3, 0.4) is 0 Å². The van der Waals surface area contributed by atoms with Gasteiger partial charge in [0.1, 0.15) is 30.1 Å². The molecule has 2 aromatic rings. The van der Waals surface area contributed by atoms with Gasteiger partial charge in [0, 0.05) is 13.1 Å². The highest BCUT2D eigenvalue weighted by atomic mass is 16.6. The molecule has 0 saturated carbocycles. The molecule has 116 valence electrons. The van der Waals surface area contributed by atoms with E-state index >= 15 is 0 Å². The number of rotatable bonds is 7. The van der Waals surface area contributed by atoms with Crippen LogP contribution < -0.4 is 14.4 Å². The molecule has 0 N–H and O–H groups in total. The van der Waals surface area contributed by atoms with E-state index in [0.717, 1.165) is 11.5 Å². The molecular formula is C15H17N3O4. The molecule has 0 aliphatic rings. The molecule has 22 heavy (non-hydrogen) atoms. The Kier molecular flexibility index (Phi) is 5.13. The maximum Gasteiger partial charge on any atom is 0.287 e. The first-order chi connectivity index (χ1) is 10.6. The SMILES string of the molecule is COc1ccc(OCCN(C)c2ccc([N+](=O)[O-])cn2)cc1. The standard InChI is InChI=1S/C15H17N3O4/c1-17(15-8-3-12(11-16-15)18(19)20)9-10-22-14-6-4-13(21-2)5-7-14/h3-8,11H,9-10H2,1-2H3. The molecule has 0 spiro atoms. The molecule has 1 heterocycles. The number of methoxy groups -OCH3 is 1. The highest BCUT2D eigenvalue weighted by molar-refractivity contribution is 5.42. The highest BCUT2D eigenvalue weighted by Crippen LogP contribution is 2.17. The van der Waals surface area contributed by atoms with Gasteiger partial charge in [-0.05, 0) is 30.3 Å². The van der Waals surface area contributed by atoms with E-state index in [0.29, 0.717) is 19.0 Å². The summed E-state index contributed by atoms with van der Waals surface area (Å²) in [6.07, 6.45) is 1.25. The summed E-state index contributed by atoms with van der Waals surface area (Å²) in [5, 5.41) is 10.6. The minimum absolute atomic E-state index is 0.0216. The lowest BCUT2D eigenvalue weighted by Gasteiger charge is -2.18. The summed E-state index contributed by atoms with van der Waals surface area (Å²) < 4.78 is 10.7. The fraction of sp³-hybridized carbons (Fsp3) is 0.267. The van der Waals surface area contributed by atoms with E-state index in [9.17, 15) is 10.1 Å². The number of benzene rings is 1. The molecule has 0 aliphatic heterocycles. The van der Waals surface area contributed by atoms with E-state index in [1.165, 1.54) is 12.3 Å². The van der Waals surface area contributed by atoms with Crippen molar-refractivity contribution in [3.8, 4) is 11.5 Å². The smallest absolute Gasteiger partial charge is 0.287 e. The van der Waals surface area contributed by atoms with Crippen molar-refractivity contribution in [3.63, 3.8) is 0 Å². The Morgan fingerprint density at radius 2 is 1.86 bits per heavy atom. The Morgan fingerprint density at radius 1 is 1.18 bits per heavy atom. The first kappa shape index (κ1) is 15.6. The second-order valence-corrected chi connectivity index (χ2v) is 4.58. The van der Waals surface area contributed by atoms with Crippen LogP contribution in [-0.4, -0.2) is 37.2 Å². The van der Waals surface area contributed by atoms with Crippen molar-refractivity contribution in [2.24, 2.45) is 0 Å². The second-order valence-electron chi connectivity index (χ2n) is 4.58. The van der Waals surface area contributed by atoms with Gasteiger partial charge in [-0.1, -0.05) is 0 Å².